The summed E-state index contributed by atoms with van der Waals surface area (Å²) in [7, 11) is 0. The van der Waals surface area contributed by atoms with Crippen molar-refractivity contribution in [1.29, 1.82) is 0 Å². The number of hydrogen-bond donors (Lipinski definition) is 0. The van der Waals surface area contributed by atoms with Crippen molar-refractivity contribution in [2.45, 2.75) is 0 Å². The molecule has 75 heavy (non-hydrogen) atoms. The van der Waals surface area contributed by atoms with E-state index >= 15 is 0 Å². The number of fused-ring (bicyclic) bond motifs is 9. The first-order valence-corrected chi connectivity index (χ1v) is 25.2. The first-order chi connectivity index (χ1) is 37.1. The number of aromatic nitrogens is 6. The van der Waals surface area contributed by atoms with Crippen molar-refractivity contribution >= 4 is 65.7 Å². The Hall–Kier alpha value is -10.2. The van der Waals surface area contributed by atoms with Crippen LogP contribution in [0.2, 0.25) is 0 Å². The highest BCUT2D eigenvalue weighted by Crippen LogP contribution is 2.39. The number of furan rings is 1. The first-order valence-electron chi connectivity index (χ1n) is 25.2. The summed E-state index contributed by atoms with van der Waals surface area (Å²) >= 11 is 0. The molecular formula is C68H42N6O. The molecule has 0 amide bonds. The molecular weight excluding hydrogens is 917 g/mol. The van der Waals surface area contributed by atoms with Crippen LogP contribution in [0.25, 0.3) is 145 Å². The predicted molar refractivity (Wildman–Crippen MR) is 306 cm³/mol. The highest BCUT2D eigenvalue weighted by molar-refractivity contribution is 6.13. The van der Waals surface area contributed by atoms with E-state index in [2.05, 4.69) is 234 Å². The number of benzene rings is 10. The van der Waals surface area contributed by atoms with Crippen molar-refractivity contribution in [1.82, 2.24) is 29.1 Å². The van der Waals surface area contributed by atoms with Gasteiger partial charge in [-0.05, 0) is 112 Å². The Labute approximate surface area is 430 Å². The molecule has 5 heterocycles. The molecule has 0 atom stereocenters. The van der Waals surface area contributed by atoms with Gasteiger partial charge in [-0.1, -0.05) is 170 Å². The van der Waals surface area contributed by atoms with Crippen LogP contribution in [0.15, 0.2) is 259 Å². The van der Waals surface area contributed by atoms with Gasteiger partial charge in [0, 0.05) is 66.6 Å². The molecule has 0 aliphatic rings. The minimum Gasteiger partial charge on any atom is -0.438 e. The maximum Gasteiger partial charge on any atom is 0.227 e. The van der Waals surface area contributed by atoms with Gasteiger partial charge in [-0.2, -0.15) is 0 Å². The van der Waals surface area contributed by atoms with Crippen molar-refractivity contribution in [3.63, 3.8) is 0 Å². The van der Waals surface area contributed by atoms with E-state index in [4.69, 9.17) is 24.4 Å². The number of hydrogen-bond acceptors (Lipinski definition) is 5. The Kier molecular flexibility index (Phi) is 9.75. The Morgan fingerprint density at radius 1 is 0.267 bits per heavy atom. The number of para-hydroxylation sites is 4. The van der Waals surface area contributed by atoms with E-state index in [1.165, 1.54) is 43.7 Å². The monoisotopic (exact) mass is 958 g/mol. The van der Waals surface area contributed by atoms with Gasteiger partial charge in [0.2, 0.25) is 5.71 Å². The Balaban J connectivity index is 0.787. The fraction of sp³-hybridized carbons (Fsp3) is 0. The highest BCUT2D eigenvalue weighted by atomic mass is 16.3. The summed E-state index contributed by atoms with van der Waals surface area (Å²) in [6.07, 6.45) is 1.78. The van der Waals surface area contributed by atoms with Gasteiger partial charge in [-0.15, -0.1) is 0 Å². The summed E-state index contributed by atoms with van der Waals surface area (Å²) < 4.78 is 10.8. The second-order valence-electron chi connectivity index (χ2n) is 19.1. The van der Waals surface area contributed by atoms with Crippen LogP contribution in [0.1, 0.15) is 0 Å². The molecule has 350 valence electrons. The summed E-state index contributed by atoms with van der Waals surface area (Å²) in [6.45, 7) is 0. The highest BCUT2D eigenvalue weighted by Gasteiger charge is 2.19. The second-order valence-corrected chi connectivity index (χ2v) is 19.1. The molecule has 0 aliphatic carbocycles. The van der Waals surface area contributed by atoms with Crippen LogP contribution >= 0.6 is 0 Å². The van der Waals surface area contributed by atoms with Crippen LogP contribution < -0.4 is 0 Å². The van der Waals surface area contributed by atoms with E-state index in [1.807, 2.05) is 24.3 Å². The molecule has 15 aromatic rings. The van der Waals surface area contributed by atoms with Gasteiger partial charge in [0.1, 0.15) is 5.58 Å². The zero-order chi connectivity index (χ0) is 49.4. The van der Waals surface area contributed by atoms with Crippen molar-refractivity contribution in [3.8, 4) is 78.9 Å². The van der Waals surface area contributed by atoms with Gasteiger partial charge in [0.15, 0.2) is 17.5 Å². The van der Waals surface area contributed by atoms with Crippen molar-refractivity contribution in [2.75, 3.05) is 0 Å². The lowest BCUT2D eigenvalue weighted by atomic mass is 10.0. The maximum atomic E-state index is 6.08. The van der Waals surface area contributed by atoms with Crippen molar-refractivity contribution < 1.29 is 4.42 Å². The molecule has 0 saturated heterocycles. The molecule has 0 bridgehead atoms. The summed E-state index contributed by atoms with van der Waals surface area (Å²) in [5.74, 6) is 1.68. The standard InChI is InChI=1S/C68H42N6O/c1-3-14-43(15-4-1)44-26-28-46(29-27-44)65-70-66(72-67(71-65)51-41-59-56-22-9-12-25-64(56)75-68(59)69-42-51)50-17-13-16-47(38-50)45-30-34-53(35-31-45)74-61-24-11-8-21-55(61)58-40-49(33-37-63(58)74)48-32-36-62-57(39-48)54-20-7-10-23-60(54)73(62)52-18-5-2-6-19-52/h1-42H. The quantitative estimate of drug-likeness (QED) is 0.152. The van der Waals surface area contributed by atoms with Crippen LogP contribution in [0.3, 0.4) is 0 Å². The van der Waals surface area contributed by atoms with Gasteiger partial charge >= 0.3 is 0 Å². The van der Waals surface area contributed by atoms with E-state index in [9.17, 15) is 0 Å². The average Bonchev–Trinajstić information content (AvgIpc) is 4.15. The fourth-order valence-corrected chi connectivity index (χ4v) is 11.0. The predicted octanol–water partition coefficient (Wildman–Crippen LogP) is 17.4. The van der Waals surface area contributed by atoms with Crippen LogP contribution in [0.4, 0.5) is 0 Å². The molecule has 5 aromatic heterocycles. The molecule has 0 unspecified atom stereocenters. The lowest BCUT2D eigenvalue weighted by molar-refractivity contribution is 0.654. The SMILES string of the molecule is c1ccc(-c2ccc(-c3nc(-c4cccc(-c5ccc(-n6c7ccccc7c7cc(-c8ccc9c(c8)c8ccccc8n9-c8ccccc8)ccc76)cc5)c4)nc(-c4cnc5oc6ccccc6c5c4)n3)cc2)cc1. The Morgan fingerprint density at radius 3 is 1.36 bits per heavy atom. The molecule has 7 heteroatoms. The number of rotatable bonds is 8. The van der Waals surface area contributed by atoms with Gasteiger partial charge in [0.25, 0.3) is 0 Å². The fourth-order valence-electron chi connectivity index (χ4n) is 11.0. The van der Waals surface area contributed by atoms with Crippen LogP contribution in [0, 0.1) is 0 Å². The third kappa shape index (κ3) is 7.20. The zero-order valence-corrected chi connectivity index (χ0v) is 40.3. The molecule has 10 aromatic carbocycles. The van der Waals surface area contributed by atoms with Gasteiger partial charge < -0.3 is 13.6 Å². The van der Waals surface area contributed by atoms with Crippen molar-refractivity contribution in [3.05, 3.63) is 255 Å². The lowest BCUT2D eigenvalue weighted by Crippen LogP contribution is -2.00. The van der Waals surface area contributed by atoms with E-state index in [1.54, 1.807) is 6.20 Å². The van der Waals surface area contributed by atoms with Crippen LogP contribution in [0.5, 0.6) is 0 Å². The summed E-state index contributed by atoms with van der Waals surface area (Å²) in [5, 5.41) is 6.81. The minimum atomic E-state index is 0.531. The summed E-state index contributed by atoms with van der Waals surface area (Å²) in [5.41, 5.74) is 17.6. The van der Waals surface area contributed by atoms with E-state index in [0.717, 1.165) is 77.7 Å². The van der Waals surface area contributed by atoms with E-state index < -0.39 is 0 Å². The largest absolute Gasteiger partial charge is 0.438 e. The minimum absolute atomic E-state index is 0.531. The number of pyridine rings is 1. The molecule has 0 aliphatic heterocycles. The molecule has 0 saturated carbocycles. The maximum absolute atomic E-state index is 6.08. The van der Waals surface area contributed by atoms with Crippen LogP contribution in [-0.4, -0.2) is 29.1 Å². The van der Waals surface area contributed by atoms with Gasteiger partial charge in [-0.3, -0.25) is 0 Å². The Morgan fingerprint density at radius 2 is 0.693 bits per heavy atom. The molecule has 0 fully saturated rings. The summed E-state index contributed by atoms with van der Waals surface area (Å²) in [4.78, 5) is 20.1. The average molecular weight is 959 g/mol. The third-order valence-electron chi connectivity index (χ3n) is 14.7. The van der Waals surface area contributed by atoms with E-state index in [0.29, 0.717) is 23.2 Å². The van der Waals surface area contributed by atoms with Gasteiger partial charge in [0.05, 0.1) is 22.1 Å². The number of nitrogens with zero attached hydrogens (tertiary/aromatic N) is 6. The van der Waals surface area contributed by atoms with Gasteiger partial charge in [-0.25, -0.2) is 19.9 Å². The van der Waals surface area contributed by atoms with E-state index in [-0.39, 0.29) is 0 Å². The summed E-state index contributed by atoms with van der Waals surface area (Å²) in [6, 6.07) is 88.0. The van der Waals surface area contributed by atoms with Crippen molar-refractivity contribution in [2.24, 2.45) is 0 Å². The smallest absolute Gasteiger partial charge is 0.227 e. The lowest BCUT2D eigenvalue weighted by Gasteiger charge is -2.11. The molecule has 0 spiro atoms. The van der Waals surface area contributed by atoms with Crippen LogP contribution in [-0.2, 0) is 0 Å². The molecule has 0 radical (unpaired) electrons. The molecule has 7 nitrogen and oxygen atoms in total. The first kappa shape index (κ1) is 42.4. The second kappa shape index (κ2) is 17.2. The topological polar surface area (TPSA) is 74.6 Å². The molecule has 15 rings (SSSR count). The Bertz CT molecular complexity index is 4690. The normalized spacial score (nSPS) is 11.7. The zero-order valence-electron chi connectivity index (χ0n) is 40.3. The molecule has 0 N–H and O–H groups in total. The third-order valence-corrected chi connectivity index (χ3v) is 14.7.